The minimum atomic E-state index is 0.0442. The zero-order valence-corrected chi connectivity index (χ0v) is 15.8. The molecule has 138 valence electrons. The molecule has 0 spiro atoms. The normalized spacial score (nSPS) is 21.0. The maximum Gasteiger partial charge on any atom is 0.317 e. The van der Waals surface area contributed by atoms with Crippen molar-refractivity contribution in [2.45, 2.75) is 32.2 Å². The third-order valence-electron chi connectivity index (χ3n) is 5.52. The van der Waals surface area contributed by atoms with Gasteiger partial charge in [0.1, 0.15) is 5.75 Å². The summed E-state index contributed by atoms with van der Waals surface area (Å²) >= 11 is 0. The van der Waals surface area contributed by atoms with E-state index < -0.39 is 0 Å². The van der Waals surface area contributed by atoms with Crippen LogP contribution in [0.15, 0.2) is 24.3 Å². The van der Waals surface area contributed by atoms with Crippen LogP contribution < -0.4 is 10.1 Å². The molecule has 1 saturated heterocycles. The van der Waals surface area contributed by atoms with Gasteiger partial charge in [-0.15, -0.1) is 0 Å². The molecule has 2 aliphatic rings. The van der Waals surface area contributed by atoms with Gasteiger partial charge in [-0.1, -0.05) is 12.1 Å². The molecule has 4 rings (SSSR count). The molecular formula is C20H26N4O2. The zero-order chi connectivity index (χ0) is 18.4. The smallest absolute Gasteiger partial charge is 0.317 e. The van der Waals surface area contributed by atoms with Gasteiger partial charge in [0, 0.05) is 48.9 Å². The van der Waals surface area contributed by atoms with Crippen LogP contribution in [-0.2, 0) is 13.5 Å². The molecule has 0 saturated carbocycles. The Kier molecular flexibility index (Phi) is 4.13. The van der Waals surface area contributed by atoms with Crippen molar-refractivity contribution in [3.05, 3.63) is 35.5 Å². The van der Waals surface area contributed by atoms with E-state index in [1.807, 2.05) is 48.7 Å². The van der Waals surface area contributed by atoms with E-state index in [2.05, 4.69) is 11.4 Å². The summed E-state index contributed by atoms with van der Waals surface area (Å²) in [6, 6.07) is 8.26. The summed E-state index contributed by atoms with van der Waals surface area (Å²) in [7, 11) is 3.70. The first-order chi connectivity index (χ1) is 12.5. The largest absolute Gasteiger partial charge is 0.497 e. The van der Waals surface area contributed by atoms with E-state index in [1.54, 1.807) is 7.11 Å². The molecular weight excluding hydrogens is 328 g/mol. The maximum atomic E-state index is 12.4. The number of nitrogens with one attached hydrogen (secondary N) is 1. The Morgan fingerprint density at radius 3 is 2.88 bits per heavy atom. The topological polar surface area (TPSA) is 59.4 Å². The van der Waals surface area contributed by atoms with Gasteiger partial charge in [0.25, 0.3) is 0 Å². The lowest BCUT2D eigenvalue weighted by molar-refractivity contribution is 0.204. The van der Waals surface area contributed by atoms with Gasteiger partial charge in [-0.25, -0.2) is 4.79 Å². The predicted octanol–water partition coefficient (Wildman–Crippen LogP) is 2.79. The minimum absolute atomic E-state index is 0.0442. The monoisotopic (exact) mass is 354 g/mol. The van der Waals surface area contributed by atoms with Gasteiger partial charge in [-0.2, -0.15) is 5.10 Å². The van der Waals surface area contributed by atoms with Crippen LogP contribution in [-0.4, -0.2) is 47.0 Å². The van der Waals surface area contributed by atoms with Crippen LogP contribution in [0.1, 0.15) is 31.0 Å². The molecule has 2 heterocycles. The number of urea groups is 1. The summed E-state index contributed by atoms with van der Waals surface area (Å²) in [4.78, 5) is 14.4. The predicted molar refractivity (Wildman–Crippen MR) is 100 cm³/mol. The molecule has 1 aromatic heterocycles. The Balaban J connectivity index is 1.66. The molecule has 6 nitrogen and oxygen atoms in total. The number of carbonyl (C=O) groups is 1. The van der Waals surface area contributed by atoms with Crippen molar-refractivity contribution in [1.82, 2.24) is 20.0 Å². The maximum absolute atomic E-state index is 12.4. The molecule has 1 aromatic carbocycles. The summed E-state index contributed by atoms with van der Waals surface area (Å²) in [6.07, 6.45) is 0.985. The summed E-state index contributed by atoms with van der Waals surface area (Å²) in [6.45, 7) is 5.57. The molecule has 2 atom stereocenters. The SMILES string of the molecule is COc1cccc(-c2nn(C)c3c2[C@@H]2CN(C(=O)NC(C)C)C[C@@H]2C3)c1. The Morgan fingerprint density at radius 2 is 2.15 bits per heavy atom. The van der Waals surface area contributed by atoms with Crippen LogP contribution in [0.5, 0.6) is 5.75 Å². The van der Waals surface area contributed by atoms with E-state index in [9.17, 15) is 4.79 Å². The third-order valence-corrected chi connectivity index (χ3v) is 5.52. The Morgan fingerprint density at radius 1 is 1.35 bits per heavy atom. The molecule has 1 aliphatic heterocycles. The minimum Gasteiger partial charge on any atom is -0.497 e. The number of benzene rings is 1. The molecule has 1 aliphatic carbocycles. The average molecular weight is 354 g/mol. The highest BCUT2D eigenvalue weighted by atomic mass is 16.5. The van der Waals surface area contributed by atoms with Crippen LogP contribution in [0, 0.1) is 5.92 Å². The van der Waals surface area contributed by atoms with Crippen LogP contribution in [0.3, 0.4) is 0 Å². The highest BCUT2D eigenvalue weighted by Gasteiger charge is 2.45. The van der Waals surface area contributed by atoms with Crippen molar-refractivity contribution in [2.75, 3.05) is 20.2 Å². The van der Waals surface area contributed by atoms with Crippen LogP contribution in [0.2, 0.25) is 0 Å². The molecule has 0 unspecified atom stereocenters. The molecule has 2 amide bonds. The Labute approximate surface area is 154 Å². The lowest BCUT2D eigenvalue weighted by Gasteiger charge is -2.20. The van der Waals surface area contributed by atoms with Gasteiger partial charge in [0.05, 0.1) is 12.8 Å². The van der Waals surface area contributed by atoms with Gasteiger partial charge in [-0.3, -0.25) is 4.68 Å². The number of carbonyl (C=O) groups excluding carboxylic acids is 1. The molecule has 1 fully saturated rings. The molecule has 0 bridgehead atoms. The fourth-order valence-electron chi connectivity index (χ4n) is 4.35. The fourth-order valence-corrected chi connectivity index (χ4v) is 4.35. The highest BCUT2D eigenvalue weighted by Crippen LogP contribution is 2.47. The second-order valence-electron chi connectivity index (χ2n) is 7.64. The number of methoxy groups -OCH3 is 1. The quantitative estimate of drug-likeness (QED) is 0.922. The standard InChI is InChI=1S/C20H26N4O2/c1-12(2)21-20(25)24-10-14-9-17-18(16(14)11-24)19(22-23(17)3)13-6-5-7-15(8-13)26-4/h5-8,12,14,16H,9-11H2,1-4H3,(H,21,25)/t14-,16+/m0/s1. The van der Waals surface area contributed by atoms with Crippen molar-refractivity contribution in [3.8, 4) is 17.0 Å². The van der Waals surface area contributed by atoms with Crippen molar-refractivity contribution in [1.29, 1.82) is 0 Å². The van der Waals surface area contributed by atoms with Crippen molar-refractivity contribution < 1.29 is 9.53 Å². The number of amides is 2. The van der Waals surface area contributed by atoms with Gasteiger partial charge in [0.2, 0.25) is 0 Å². The number of rotatable bonds is 3. The Hall–Kier alpha value is -2.50. The number of aryl methyl sites for hydroxylation is 1. The first kappa shape index (κ1) is 16.9. The number of hydrogen-bond acceptors (Lipinski definition) is 3. The molecule has 2 aromatic rings. The van der Waals surface area contributed by atoms with Gasteiger partial charge < -0.3 is 15.0 Å². The zero-order valence-electron chi connectivity index (χ0n) is 15.8. The fraction of sp³-hybridized carbons (Fsp3) is 0.500. The lowest BCUT2D eigenvalue weighted by atomic mass is 9.94. The number of ether oxygens (including phenoxy) is 1. The van der Waals surface area contributed by atoms with Crippen molar-refractivity contribution in [2.24, 2.45) is 13.0 Å². The average Bonchev–Trinajstić information content (AvgIpc) is 3.25. The summed E-state index contributed by atoms with van der Waals surface area (Å²) in [5.41, 5.74) is 4.72. The highest BCUT2D eigenvalue weighted by molar-refractivity contribution is 5.76. The lowest BCUT2D eigenvalue weighted by Crippen LogP contribution is -2.42. The first-order valence-corrected chi connectivity index (χ1v) is 9.23. The van der Waals surface area contributed by atoms with E-state index in [0.29, 0.717) is 11.8 Å². The van der Waals surface area contributed by atoms with Crippen molar-refractivity contribution in [3.63, 3.8) is 0 Å². The third kappa shape index (κ3) is 2.73. The van der Waals surface area contributed by atoms with Crippen LogP contribution in [0.25, 0.3) is 11.3 Å². The second kappa shape index (κ2) is 6.34. The van der Waals surface area contributed by atoms with Gasteiger partial charge in [0.15, 0.2) is 0 Å². The van der Waals surface area contributed by atoms with Gasteiger partial charge in [-0.05, 0) is 38.3 Å². The first-order valence-electron chi connectivity index (χ1n) is 9.23. The number of nitrogens with zero attached hydrogens (tertiary/aromatic N) is 3. The molecule has 26 heavy (non-hydrogen) atoms. The summed E-state index contributed by atoms with van der Waals surface area (Å²) in [5, 5.41) is 7.81. The Bertz CT molecular complexity index is 842. The van der Waals surface area contributed by atoms with Crippen molar-refractivity contribution >= 4 is 6.03 Å². The second-order valence-corrected chi connectivity index (χ2v) is 7.64. The number of aromatic nitrogens is 2. The number of likely N-dealkylation sites (tertiary alicyclic amines) is 1. The summed E-state index contributed by atoms with van der Waals surface area (Å²) < 4.78 is 7.39. The van der Waals surface area contributed by atoms with E-state index in [0.717, 1.165) is 36.5 Å². The van der Waals surface area contributed by atoms with Gasteiger partial charge >= 0.3 is 6.03 Å². The van der Waals surface area contributed by atoms with E-state index in [4.69, 9.17) is 9.84 Å². The molecule has 1 N–H and O–H groups in total. The molecule has 0 radical (unpaired) electrons. The van der Waals surface area contributed by atoms with E-state index in [-0.39, 0.29) is 12.1 Å². The number of hydrogen-bond donors (Lipinski definition) is 1. The van der Waals surface area contributed by atoms with Crippen LogP contribution >= 0.6 is 0 Å². The van der Waals surface area contributed by atoms with E-state index in [1.165, 1.54) is 11.3 Å². The molecule has 6 heteroatoms. The van der Waals surface area contributed by atoms with E-state index >= 15 is 0 Å². The van der Waals surface area contributed by atoms with Crippen LogP contribution in [0.4, 0.5) is 4.79 Å². The number of fused-ring (bicyclic) bond motifs is 3. The summed E-state index contributed by atoms with van der Waals surface area (Å²) in [5.74, 6) is 1.68.